The Hall–Kier alpha value is -1.58. The minimum absolute atomic E-state index is 0.170. The number of anilines is 1. The summed E-state index contributed by atoms with van der Waals surface area (Å²) in [6.45, 7) is 0.816. The molecule has 1 aliphatic carbocycles. The molecule has 0 aromatic heterocycles. The van der Waals surface area contributed by atoms with Crippen LogP contribution in [0.1, 0.15) is 37.7 Å². The topological polar surface area (TPSA) is 46.3 Å². The van der Waals surface area contributed by atoms with Crippen LogP contribution in [0.4, 0.5) is 10.1 Å². The van der Waals surface area contributed by atoms with Crippen LogP contribution in [0.5, 0.6) is 0 Å². The molecule has 0 unspecified atom stereocenters. The van der Waals surface area contributed by atoms with Gasteiger partial charge in [0, 0.05) is 13.0 Å². The summed E-state index contributed by atoms with van der Waals surface area (Å²) in [7, 11) is 0. The molecule has 0 spiro atoms. The molecular formula is C14H17FN2O. The third kappa shape index (κ3) is 1.67. The molecular weight excluding hydrogens is 231 g/mol. The van der Waals surface area contributed by atoms with Gasteiger partial charge in [0.05, 0.1) is 11.2 Å². The molecule has 4 heteroatoms. The van der Waals surface area contributed by atoms with Gasteiger partial charge in [0.15, 0.2) is 0 Å². The van der Waals surface area contributed by atoms with Crippen molar-refractivity contribution in [3.05, 3.63) is 29.6 Å². The molecule has 3 nitrogen and oxygen atoms in total. The number of hydrogen-bond acceptors (Lipinski definition) is 2. The maximum Gasteiger partial charge on any atom is 0.223 e. The number of carbonyl (C=O) groups is 1. The highest BCUT2D eigenvalue weighted by Gasteiger charge is 2.51. The van der Waals surface area contributed by atoms with Gasteiger partial charge in [0.2, 0.25) is 5.91 Å². The minimum atomic E-state index is -0.389. The van der Waals surface area contributed by atoms with Crippen molar-refractivity contribution in [2.75, 3.05) is 12.3 Å². The van der Waals surface area contributed by atoms with Crippen LogP contribution in [0, 0.1) is 5.82 Å². The highest BCUT2D eigenvalue weighted by molar-refractivity contribution is 5.78. The number of likely N-dealkylation sites (tertiary alicyclic amines) is 1. The lowest BCUT2D eigenvalue weighted by atomic mass is 9.98. The SMILES string of the molecule is Nc1cc(C2(N3CCCCC3=O)CC2)ccc1F. The quantitative estimate of drug-likeness (QED) is 0.817. The molecule has 1 amide bonds. The molecule has 0 radical (unpaired) electrons. The van der Waals surface area contributed by atoms with Crippen molar-refractivity contribution in [1.82, 2.24) is 4.90 Å². The molecule has 3 rings (SSSR count). The Morgan fingerprint density at radius 2 is 2.06 bits per heavy atom. The smallest absolute Gasteiger partial charge is 0.223 e. The van der Waals surface area contributed by atoms with Gasteiger partial charge in [-0.2, -0.15) is 0 Å². The fourth-order valence-corrected chi connectivity index (χ4v) is 2.92. The van der Waals surface area contributed by atoms with Crippen LogP contribution in [0.15, 0.2) is 18.2 Å². The van der Waals surface area contributed by atoms with E-state index in [-0.39, 0.29) is 23.0 Å². The van der Waals surface area contributed by atoms with Crippen molar-refractivity contribution in [3.63, 3.8) is 0 Å². The number of amides is 1. The van der Waals surface area contributed by atoms with Gasteiger partial charge in [0.25, 0.3) is 0 Å². The van der Waals surface area contributed by atoms with Gasteiger partial charge >= 0.3 is 0 Å². The van der Waals surface area contributed by atoms with E-state index in [1.54, 1.807) is 12.1 Å². The number of benzene rings is 1. The Kier molecular flexibility index (Phi) is 2.54. The van der Waals surface area contributed by atoms with Crippen molar-refractivity contribution < 1.29 is 9.18 Å². The first-order valence-corrected chi connectivity index (χ1v) is 6.49. The molecule has 18 heavy (non-hydrogen) atoms. The molecule has 1 saturated heterocycles. The third-order valence-corrected chi connectivity index (χ3v) is 4.10. The lowest BCUT2D eigenvalue weighted by Gasteiger charge is -2.35. The summed E-state index contributed by atoms with van der Waals surface area (Å²) < 4.78 is 13.2. The second-order valence-corrected chi connectivity index (χ2v) is 5.27. The average molecular weight is 248 g/mol. The summed E-state index contributed by atoms with van der Waals surface area (Å²) in [5.41, 5.74) is 6.59. The first-order valence-electron chi connectivity index (χ1n) is 6.49. The summed E-state index contributed by atoms with van der Waals surface area (Å²) in [4.78, 5) is 14.0. The maximum absolute atomic E-state index is 13.2. The fraction of sp³-hybridized carbons (Fsp3) is 0.500. The molecule has 96 valence electrons. The lowest BCUT2D eigenvalue weighted by molar-refractivity contribution is -0.137. The largest absolute Gasteiger partial charge is 0.396 e. The Balaban J connectivity index is 1.94. The van der Waals surface area contributed by atoms with Crippen molar-refractivity contribution in [2.45, 2.75) is 37.6 Å². The number of nitrogens with two attached hydrogens (primary N) is 1. The van der Waals surface area contributed by atoms with Gasteiger partial charge in [-0.05, 0) is 43.4 Å². The number of hydrogen-bond donors (Lipinski definition) is 1. The number of halogens is 1. The second kappa shape index (κ2) is 3.97. The van der Waals surface area contributed by atoms with E-state index >= 15 is 0 Å². The molecule has 2 aliphatic rings. The first-order chi connectivity index (χ1) is 8.63. The summed E-state index contributed by atoms with van der Waals surface area (Å²) in [6, 6.07) is 4.85. The van der Waals surface area contributed by atoms with Crippen LogP contribution in [0.2, 0.25) is 0 Å². The van der Waals surface area contributed by atoms with Gasteiger partial charge in [-0.3, -0.25) is 4.79 Å². The molecule has 2 N–H and O–H groups in total. The first kappa shape index (κ1) is 11.5. The van der Waals surface area contributed by atoms with E-state index < -0.39 is 0 Å². The Morgan fingerprint density at radius 1 is 1.28 bits per heavy atom. The number of nitrogens with zero attached hydrogens (tertiary/aromatic N) is 1. The highest BCUT2D eigenvalue weighted by atomic mass is 19.1. The van der Waals surface area contributed by atoms with E-state index in [0.717, 1.165) is 37.8 Å². The summed E-state index contributed by atoms with van der Waals surface area (Å²) in [5, 5.41) is 0. The van der Waals surface area contributed by atoms with Gasteiger partial charge in [-0.15, -0.1) is 0 Å². The molecule has 1 aliphatic heterocycles. The number of rotatable bonds is 2. The van der Waals surface area contributed by atoms with Crippen LogP contribution in [-0.4, -0.2) is 17.4 Å². The van der Waals surface area contributed by atoms with Gasteiger partial charge in [0.1, 0.15) is 5.82 Å². The van der Waals surface area contributed by atoms with Crippen molar-refractivity contribution in [2.24, 2.45) is 0 Å². The second-order valence-electron chi connectivity index (χ2n) is 5.27. The van der Waals surface area contributed by atoms with Gasteiger partial charge < -0.3 is 10.6 Å². The van der Waals surface area contributed by atoms with Gasteiger partial charge in [-0.1, -0.05) is 6.07 Å². The van der Waals surface area contributed by atoms with E-state index in [9.17, 15) is 9.18 Å². The third-order valence-electron chi connectivity index (χ3n) is 4.10. The predicted octanol–water partition coefficient (Wildman–Crippen LogP) is 2.41. The van der Waals surface area contributed by atoms with E-state index in [4.69, 9.17) is 5.73 Å². The monoisotopic (exact) mass is 248 g/mol. The molecule has 1 aromatic rings. The van der Waals surface area contributed by atoms with Crippen LogP contribution in [0.25, 0.3) is 0 Å². The molecule has 2 fully saturated rings. The van der Waals surface area contributed by atoms with E-state index in [0.29, 0.717) is 6.42 Å². The standard InChI is InChI=1S/C14H17FN2O/c15-11-5-4-10(9-12(11)16)14(6-7-14)17-8-2-1-3-13(17)18/h4-5,9H,1-3,6-8,16H2. The van der Waals surface area contributed by atoms with E-state index in [1.165, 1.54) is 6.07 Å². The van der Waals surface area contributed by atoms with Crippen LogP contribution >= 0.6 is 0 Å². The number of nitrogen functional groups attached to an aromatic ring is 1. The van der Waals surface area contributed by atoms with Crippen molar-refractivity contribution >= 4 is 11.6 Å². The number of carbonyl (C=O) groups excluding carboxylic acids is 1. The van der Waals surface area contributed by atoms with E-state index in [2.05, 4.69) is 0 Å². The Labute approximate surface area is 106 Å². The van der Waals surface area contributed by atoms with Crippen LogP contribution in [-0.2, 0) is 10.3 Å². The Morgan fingerprint density at radius 3 is 2.67 bits per heavy atom. The predicted molar refractivity (Wildman–Crippen MR) is 67.3 cm³/mol. The minimum Gasteiger partial charge on any atom is -0.396 e. The zero-order valence-electron chi connectivity index (χ0n) is 10.3. The van der Waals surface area contributed by atoms with Crippen LogP contribution in [0.3, 0.4) is 0 Å². The fourth-order valence-electron chi connectivity index (χ4n) is 2.92. The van der Waals surface area contributed by atoms with Crippen molar-refractivity contribution in [3.8, 4) is 0 Å². The van der Waals surface area contributed by atoms with E-state index in [1.807, 2.05) is 4.90 Å². The number of piperidine rings is 1. The molecule has 1 heterocycles. The zero-order chi connectivity index (χ0) is 12.8. The summed E-state index contributed by atoms with van der Waals surface area (Å²) in [6.07, 6.45) is 4.60. The van der Waals surface area contributed by atoms with Gasteiger partial charge in [-0.25, -0.2) is 4.39 Å². The van der Waals surface area contributed by atoms with Crippen LogP contribution < -0.4 is 5.73 Å². The van der Waals surface area contributed by atoms with Crippen molar-refractivity contribution in [1.29, 1.82) is 0 Å². The molecule has 0 atom stereocenters. The summed E-state index contributed by atoms with van der Waals surface area (Å²) in [5.74, 6) is -0.166. The average Bonchev–Trinajstić information content (AvgIpc) is 3.15. The molecule has 0 bridgehead atoms. The lowest BCUT2D eigenvalue weighted by Crippen LogP contribution is -2.43. The summed E-state index contributed by atoms with van der Waals surface area (Å²) >= 11 is 0. The highest BCUT2D eigenvalue weighted by Crippen LogP contribution is 2.52. The Bertz CT molecular complexity index is 497. The molecule has 1 saturated carbocycles. The molecule has 1 aromatic carbocycles. The normalized spacial score (nSPS) is 22.1. The zero-order valence-corrected chi connectivity index (χ0v) is 10.3. The maximum atomic E-state index is 13.2.